The van der Waals surface area contributed by atoms with Crippen molar-refractivity contribution >= 4 is 28.3 Å². The van der Waals surface area contributed by atoms with Crippen LogP contribution in [0.15, 0.2) is 107 Å². The minimum Gasteiger partial charge on any atom is -0.339 e. The van der Waals surface area contributed by atoms with E-state index in [1.54, 1.807) is 59.5 Å². The highest BCUT2D eigenvalue weighted by Gasteiger charge is 2.32. The summed E-state index contributed by atoms with van der Waals surface area (Å²) in [6, 6.07) is 28.4. The second-order valence-electron chi connectivity index (χ2n) is 10.4. The molecule has 7 heteroatoms. The van der Waals surface area contributed by atoms with Gasteiger partial charge in [-0.05, 0) is 78.8 Å². The molecule has 2 aliphatic heterocycles. The van der Waals surface area contributed by atoms with E-state index in [1.165, 1.54) is 17.7 Å². The summed E-state index contributed by atoms with van der Waals surface area (Å²) in [4.78, 5) is 31.8. The van der Waals surface area contributed by atoms with E-state index in [9.17, 15) is 18.2 Å². The zero-order valence-corrected chi connectivity index (χ0v) is 22.8. The van der Waals surface area contributed by atoms with Crippen LogP contribution >= 0.6 is 0 Å². The Morgan fingerprint density at radius 2 is 1.52 bits per heavy atom. The summed E-state index contributed by atoms with van der Waals surface area (Å²) >= 11 is 0. The van der Waals surface area contributed by atoms with Gasteiger partial charge in [-0.1, -0.05) is 54.6 Å². The van der Waals surface area contributed by atoms with Crippen LogP contribution in [0.25, 0.3) is 0 Å². The number of rotatable bonds is 5. The van der Waals surface area contributed by atoms with E-state index in [0.29, 0.717) is 45.6 Å². The molecule has 4 aromatic rings. The van der Waals surface area contributed by atoms with E-state index in [4.69, 9.17) is 0 Å². The van der Waals surface area contributed by atoms with Crippen LogP contribution in [0.5, 0.6) is 0 Å². The third-order valence-corrected chi connectivity index (χ3v) is 9.28. The lowest BCUT2D eigenvalue weighted by Gasteiger charge is -2.32. The van der Waals surface area contributed by atoms with Gasteiger partial charge in [-0.2, -0.15) is 0 Å². The molecule has 6 rings (SSSR count). The molecule has 2 amide bonds. The maximum atomic E-state index is 13.8. The second-order valence-corrected chi connectivity index (χ2v) is 11.8. The molecule has 0 N–H and O–H groups in total. The van der Waals surface area contributed by atoms with E-state index >= 15 is 0 Å². The van der Waals surface area contributed by atoms with Gasteiger partial charge in [-0.25, -0.2) is 8.60 Å². The SMILES string of the molecule is O=C(c1ccc2c(c1)N(Cc1ccc(F)cc1)C(=O)c1ccccc1S2=O)N1CCC(Cc2ccccc2)CC1. The van der Waals surface area contributed by atoms with E-state index in [1.807, 2.05) is 11.0 Å². The Hall–Kier alpha value is -4.10. The molecule has 1 unspecified atom stereocenters. The maximum absolute atomic E-state index is 13.8. The third-order valence-electron chi connectivity index (χ3n) is 7.78. The average Bonchev–Trinajstić information content (AvgIpc) is 3.08. The molecule has 40 heavy (non-hydrogen) atoms. The molecule has 0 aromatic heterocycles. The van der Waals surface area contributed by atoms with Gasteiger partial charge in [-0.15, -0.1) is 0 Å². The Labute approximate surface area is 235 Å². The Kier molecular flexibility index (Phi) is 7.30. The van der Waals surface area contributed by atoms with Gasteiger partial charge in [0.15, 0.2) is 0 Å². The number of likely N-dealkylation sites (tertiary alicyclic amines) is 1. The predicted molar refractivity (Wildman–Crippen MR) is 153 cm³/mol. The zero-order valence-electron chi connectivity index (χ0n) is 22.0. The molecular formula is C33H29FN2O3S. The molecule has 0 spiro atoms. The number of anilines is 1. The van der Waals surface area contributed by atoms with Gasteiger partial charge in [0, 0.05) is 18.7 Å². The van der Waals surface area contributed by atoms with Crippen molar-refractivity contribution in [3.05, 3.63) is 125 Å². The van der Waals surface area contributed by atoms with Crippen LogP contribution in [-0.4, -0.2) is 34.0 Å². The zero-order chi connectivity index (χ0) is 27.6. The van der Waals surface area contributed by atoms with Crippen molar-refractivity contribution in [1.29, 1.82) is 0 Å². The number of hydrogen-bond acceptors (Lipinski definition) is 3. The van der Waals surface area contributed by atoms with Crippen LogP contribution in [0.1, 0.15) is 44.7 Å². The van der Waals surface area contributed by atoms with Crippen molar-refractivity contribution in [2.24, 2.45) is 5.92 Å². The van der Waals surface area contributed by atoms with Crippen LogP contribution in [0.3, 0.4) is 0 Å². The summed E-state index contributed by atoms with van der Waals surface area (Å²) in [5.74, 6) is -0.234. The monoisotopic (exact) mass is 552 g/mol. The molecule has 1 saturated heterocycles. The van der Waals surface area contributed by atoms with Crippen LogP contribution < -0.4 is 4.90 Å². The van der Waals surface area contributed by atoms with Crippen LogP contribution in [0.2, 0.25) is 0 Å². The fourth-order valence-corrected chi connectivity index (χ4v) is 6.94. The summed E-state index contributed by atoms with van der Waals surface area (Å²) < 4.78 is 27.3. The second kappa shape index (κ2) is 11.2. The Morgan fingerprint density at radius 1 is 0.825 bits per heavy atom. The average molecular weight is 553 g/mol. The largest absolute Gasteiger partial charge is 0.339 e. The van der Waals surface area contributed by atoms with Crippen LogP contribution in [0.4, 0.5) is 10.1 Å². The summed E-state index contributed by atoms with van der Waals surface area (Å²) in [5, 5.41) is 0. The maximum Gasteiger partial charge on any atom is 0.259 e. The Morgan fingerprint density at radius 3 is 2.27 bits per heavy atom. The van der Waals surface area contributed by atoms with E-state index in [0.717, 1.165) is 24.8 Å². The normalized spacial score (nSPS) is 17.2. The van der Waals surface area contributed by atoms with Crippen LogP contribution in [-0.2, 0) is 23.8 Å². The van der Waals surface area contributed by atoms with Gasteiger partial charge in [0.05, 0.1) is 38.4 Å². The number of fused-ring (bicyclic) bond motifs is 2. The first-order valence-electron chi connectivity index (χ1n) is 13.5. The molecule has 0 aliphatic carbocycles. The molecule has 2 heterocycles. The van der Waals surface area contributed by atoms with Gasteiger partial charge in [0.1, 0.15) is 5.82 Å². The lowest BCUT2D eigenvalue weighted by molar-refractivity contribution is 0.0690. The fraction of sp³-hybridized carbons (Fsp3) is 0.212. The lowest BCUT2D eigenvalue weighted by Crippen LogP contribution is -2.39. The van der Waals surface area contributed by atoms with E-state index in [-0.39, 0.29) is 24.2 Å². The third kappa shape index (κ3) is 5.21. The van der Waals surface area contributed by atoms with Gasteiger partial charge in [0.2, 0.25) is 0 Å². The van der Waals surface area contributed by atoms with Crippen molar-refractivity contribution in [3.63, 3.8) is 0 Å². The highest BCUT2D eigenvalue weighted by atomic mass is 32.2. The number of carbonyl (C=O) groups excluding carboxylic acids is 2. The number of amides is 2. The molecule has 4 aromatic carbocycles. The molecular weight excluding hydrogens is 523 g/mol. The number of halogens is 1. The van der Waals surface area contributed by atoms with Crippen molar-refractivity contribution in [2.75, 3.05) is 18.0 Å². The summed E-state index contributed by atoms with van der Waals surface area (Å²) in [7, 11) is -1.61. The number of carbonyl (C=O) groups is 2. The standard InChI is InChI=1S/C33H29FN2O3S/c34-27-13-10-25(11-14-27)22-36-29-21-26(12-15-31(29)40(39)30-9-5-4-8-28(30)33(36)38)32(37)35-18-16-24(17-19-35)20-23-6-2-1-3-7-23/h1-15,21,24H,16-20,22H2. The Balaban J connectivity index is 1.28. The summed E-state index contributed by atoms with van der Waals surface area (Å²) in [5.41, 5.74) is 3.29. The summed E-state index contributed by atoms with van der Waals surface area (Å²) in [6.07, 6.45) is 2.87. The minimum atomic E-state index is -1.61. The van der Waals surface area contributed by atoms with Crippen molar-refractivity contribution < 1.29 is 18.2 Å². The van der Waals surface area contributed by atoms with Gasteiger partial charge in [0.25, 0.3) is 11.8 Å². The van der Waals surface area contributed by atoms with Crippen LogP contribution in [0, 0.1) is 11.7 Å². The van der Waals surface area contributed by atoms with Crippen molar-refractivity contribution in [2.45, 2.75) is 35.6 Å². The first-order valence-corrected chi connectivity index (χ1v) is 14.7. The highest BCUT2D eigenvalue weighted by Crippen LogP contribution is 2.36. The van der Waals surface area contributed by atoms with Gasteiger partial charge >= 0.3 is 0 Å². The number of nitrogens with zero attached hydrogens (tertiary/aromatic N) is 2. The molecule has 202 valence electrons. The molecule has 0 saturated carbocycles. The number of hydrogen-bond donors (Lipinski definition) is 0. The first-order chi connectivity index (χ1) is 19.5. The molecule has 2 aliphatic rings. The predicted octanol–water partition coefficient (Wildman–Crippen LogP) is 6.25. The molecule has 0 radical (unpaired) electrons. The van der Waals surface area contributed by atoms with E-state index < -0.39 is 10.8 Å². The van der Waals surface area contributed by atoms with Gasteiger partial charge in [-0.3, -0.25) is 9.59 Å². The fourth-order valence-electron chi connectivity index (χ4n) is 5.60. The summed E-state index contributed by atoms with van der Waals surface area (Å²) in [6.45, 7) is 1.49. The quantitative estimate of drug-likeness (QED) is 0.294. The minimum absolute atomic E-state index is 0.0947. The van der Waals surface area contributed by atoms with E-state index in [2.05, 4.69) is 24.3 Å². The lowest BCUT2D eigenvalue weighted by atomic mass is 9.90. The van der Waals surface area contributed by atoms with Gasteiger partial charge < -0.3 is 9.80 Å². The molecule has 1 atom stereocenters. The van der Waals surface area contributed by atoms with Crippen molar-refractivity contribution in [1.82, 2.24) is 4.90 Å². The topological polar surface area (TPSA) is 57.7 Å². The molecule has 5 nitrogen and oxygen atoms in total. The molecule has 0 bridgehead atoms. The molecule has 1 fully saturated rings. The Bertz CT molecular complexity index is 1580. The smallest absolute Gasteiger partial charge is 0.259 e. The number of piperidine rings is 1. The highest BCUT2D eigenvalue weighted by molar-refractivity contribution is 7.85. The number of benzene rings is 4. The first kappa shape index (κ1) is 26.1. The van der Waals surface area contributed by atoms with Crippen molar-refractivity contribution in [3.8, 4) is 0 Å².